The van der Waals surface area contributed by atoms with Crippen LogP contribution in [0.1, 0.15) is 32.1 Å². The van der Waals surface area contributed by atoms with Gasteiger partial charge in [0.05, 0.1) is 9.95 Å². The Morgan fingerprint density at radius 1 is 1.38 bits per heavy atom. The van der Waals surface area contributed by atoms with Gasteiger partial charge in [0.25, 0.3) is 0 Å². The van der Waals surface area contributed by atoms with Gasteiger partial charge in [-0.15, -0.1) is 11.8 Å². The number of carboxylic acids is 1. The van der Waals surface area contributed by atoms with E-state index >= 15 is 0 Å². The van der Waals surface area contributed by atoms with E-state index in [2.05, 4.69) is 0 Å². The second-order valence-corrected chi connectivity index (χ2v) is 5.05. The summed E-state index contributed by atoms with van der Waals surface area (Å²) < 4.78 is 0.905. The molecule has 74 valence electrons. The van der Waals surface area contributed by atoms with Crippen LogP contribution in [-0.4, -0.2) is 21.0 Å². The largest absolute Gasteiger partial charge is 0.481 e. The molecule has 0 atom stereocenters. The summed E-state index contributed by atoms with van der Waals surface area (Å²) in [4.78, 5) is 10.3. The smallest absolute Gasteiger partial charge is 0.313 e. The normalized spacial score (nSPS) is 18.5. The lowest BCUT2D eigenvalue weighted by Crippen LogP contribution is -2.14. The molecule has 0 heterocycles. The molecule has 1 aliphatic carbocycles. The first-order valence-corrected chi connectivity index (χ1v) is 5.98. The van der Waals surface area contributed by atoms with Gasteiger partial charge in [-0.1, -0.05) is 31.5 Å². The van der Waals surface area contributed by atoms with Gasteiger partial charge in [-0.3, -0.25) is 4.79 Å². The van der Waals surface area contributed by atoms with Gasteiger partial charge in [0.1, 0.15) is 0 Å². The zero-order valence-electron chi connectivity index (χ0n) is 7.49. The monoisotopic (exact) mass is 218 g/mol. The SMILES string of the molecule is O=C(O)CSC(=S)C1CCCCC1. The van der Waals surface area contributed by atoms with Gasteiger partial charge >= 0.3 is 5.97 Å². The molecular weight excluding hydrogens is 204 g/mol. The standard InChI is InChI=1S/C9H14O2S2/c10-8(11)6-13-9(12)7-4-2-1-3-5-7/h7H,1-6H2,(H,10,11). The van der Waals surface area contributed by atoms with E-state index in [0.717, 1.165) is 17.0 Å². The van der Waals surface area contributed by atoms with Gasteiger partial charge < -0.3 is 5.11 Å². The van der Waals surface area contributed by atoms with E-state index in [0.29, 0.717) is 5.92 Å². The molecule has 0 radical (unpaired) electrons. The fourth-order valence-electron chi connectivity index (χ4n) is 1.59. The molecule has 1 fully saturated rings. The lowest BCUT2D eigenvalue weighted by atomic mass is 9.91. The van der Waals surface area contributed by atoms with Crippen molar-refractivity contribution in [2.45, 2.75) is 32.1 Å². The van der Waals surface area contributed by atoms with E-state index in [1.807, 2.05) is 0 Å². The van der Waals surface area contributed by atoms with Crippen LogP contribution in [0.25, 0.3) is 0 Å². The molecule has 0 unspecified atom stereocenters. The van der Waals surface area contributed by atoms with Crippen LogP contribution in [0.4, 0.5) is 0 Å². The zero-order chi connectivity index (χ0) is 9.68. The van der Waals surface area contributed by atoms with Crippen molar-refractivity contribution in [2.75, 3.05) is 5.75 Å². The van der Waals surface area contributed by atoms with E-state index in [1.54, 1.807) is 0 Å². The molecule has 0 aromatic rings. The minimum absolute atomic E-state index is 0.120. The predicted molar refractivity (Wildman–Crippen MR) is 59.3 cm³/mol. The van der Waals surface area contributed by atoms with Crippen LogP contribution in [0, 0.1) is 5.92 Å². The summed E-state index contributed by atoms with van der Waals surface area (Å²) in [6.45, 7) is 0. The number of hydrogen-bond donors (Lipinski definition) is 1. The Balaban J connectivity index is 2.25. The highest BCUT2D eigenvalue weighted by molar-refractivity contribution is 8.23. The Labute approximate surface area is 88.1 Å². The van der Waals surface area contributed by atoms with Crippen LogP contribution in [0.15, 0.2) is 0 Å². The van der Waals surface area contributed by atoms with Crippen molar-refractivity contribution in [1.29, 1.82) is 0 Å². The van der Waals surface area contributed by atoms with Gasteiger partial charge in [0.15, 0.2) is 0 Å². The van der Waals surface area contributed by atoms with Crippen LogP contribution < -0.4 is 0 Å². The van der Waals surface area contributed by atoms with E-state index in [4.69, 9.17) is 17.3 Å². The van der Waals surface area contributed by atoms with Crippen molar-refractivity contribution < 1.29 is 9.90 Å². The van der Waals surface area contributed by atoms with E-state index in [1.165, 1.54) is 31.0 Å². The molecule has 1 rings (SSSR count). The van der Waals surface area contributed by atoms with Crippen molar-refractivity contribution in [2.24, 2.45) is 5.92 Å². The maximum absolute atomic E-state index is 10.3. The minimum atomic E-state index is -0.775. The molecule has 13 heavy (non-hydrogen) atoms. The van der Waals surface area contributed by atoms with E-state index in [9.17, 15) is 4.79 Å². The summed E-state index contributed by atoms with van der Waals surface area (Å²) in [7, 11) is 0. The topological polar surface area (TPSA) is 37.3 Å². The van der Waals surface area contributed by atoms with Crippen molar-refractivity contribution in [3.05, 3.63) is 0 Å². The Morgan fingerprint density at radius 2 is 2.00 bits per heavy atom. The lowest BCUT2D eigenvalue weighted by Gasteiger charge is -2.21. The Morgan fingerprint density at radius 3 is 2.54 bits per heavy atom. The third-order valence-corrected chi connectivity index (χ3v) is 3.97. The molecule has 0 aromatic carbocycles. The molecule has 1 N–H and O–H groups in total. The Kier molecular flexibility index (Phi) is 4.73. The highest BCUT2D eigenvalue weighted by Crippen LogP contribution is 2.28. The fraction of sp³-hybridized carbons (Fsp3) is 0.778. The third kappa shape index (κ3) is 4.09. The Hall–Kier alpha value is -0.0900. The first kappa shape index (κ1) is 11.0. The van der Waals surface area contributed by atoms with Crippen molar-refractivity contribution in [3.63, 3.8) is 0 Å². The number of thioether (sulfide) groups is 1. The highest BCUT2D eigenvalue weighted by atomic mass is 32.2. The summed E-state index contributed by atoms with van der Waals surface area (Å²) in [6.07, 6.45) is 6.12. The third-order valence-electron chi connectivity index (χ3n) is 2.28. The number of carbonyl (C=O) groups is 1. The van der Waals surface area contributed by atoms with Gasteiger partial charge in [-0.25, -0.2) is 0 Å². The zero-order valence-corrected chi connectivity index (χ0v) is 9.12. The summed E-state index contributed by atoms with van der Waals surface area (Å²) in [5, 5.41) is 8.48. The predicted octanol–water partition coefficient (Wildman–Crippen LogP) is 2.71. The number of hydrogen-bond acceptors (Lipinski definition) is 3. The molecule has 0 bridgehead atoms. The average molecular weight is 218 g/mol. The highest BCUT2D eigenvalue weighted by Gasteiger charge is 2.18. The number of thiocarbonyl (C=S) groups is 1. The summed E-state index contributed by atoms with van der Waals surface area (Å²) in [6, 6.07) is 0. The maximum atomic E-state index is 10.3. The summed E-state index contributed by atoms with van der Waals surface area (Å²) in [5.41, 5.74) is 0. The van der Waals surface area contributed by atoms with E-state index < -0.39 is 5.97 Å². The van der Waals surface area contributed by atoms with Crippen LogP contribution in [-0.2, 0) is 4.79 Å². The molecule has 2 nitrogen and oxygen atoms in total. The molecule has 0 aromatic heterocycles. The quantitative estimate of drug-likeness (QED) is 0.739. The van der Waals surface area contributed by atoms with Crippen molar-refractivity contribution in [3.8, 4) is 0 Å². The Bertz CT molecular complexity index is 198. The lowest BCUT2D eigenvalue weighted by molar-refractivity contribution is -0.133. The molecule has 4 heteroatoms. The number of rotatable bonds is 3. The van der Waals surface area contributed by atoms with Gasteiger partial charge in [-0.05, 0) is 12.8 Å². The van der Waals surface area contributed by atoms with Crippen molar-refractivity contribution in [1.82, 2.24) is 0 Å². The van der Waals surface area contributed by atoms with Crippen LogP contribution >= 0.6 is 24.0 Å². The van der Waals surface area contributed by atoms with Crippen LogP contribution in [0.5, 0.6) is 0 Å². The average Bonchev–Trinajstić information content (AvgIpc) is 2.15. The number of aliphatic carboxylic acids is 1. The minimum Gasteiger partial charge on any atom is -0.481 e. The second-order valence-electron chi connectivity index (χ2n) is 3.34. The van der Waals surface area contributed by atoms with E-state index in [-0.39, 0.29) is 5.75 Å². The first-order chi connectivity index (χ1) is 6.20. The molecule has 0 spiro atoms. The second kappa shape index (κ2) is 5.60. The number of carboxylic acid groups (broad SMARTS) is 1. The molecule has 0 aliphatic heterocycles. The molecule has 1 aliphatic rings. The van der Waals surface area contributed by atoms with Crippen molar-refractivity contribution >= 4 is 34.1 Å². The van der Waals surface area contributed by atoms with Gasteiger partial charge in [0.2, 0.25) is 0 Å². The van der Waals surface area contributed by atoms with Gasteiger partial charge in [0, 0.05) is 5.92 Å². The first-order valence-electron chi connectivity index (χ1n) is 4.58. The maximum Gasteiger partial charge on any atom is 0.313 e. The van der Waals surface area contributed by atoms with Crippen LogP contribution in [0.3, 0.4) is 0 Å². The summed E-state index contributed by atoms with van der Waals surface area (Å²) in [5.74, 6) is -0.161. The molecule has 0 amide bonds. The van der Waals surface area contributed by atoms with Gasteiger partial charge in [-0.2, -0.15) is 0 Å². The summed E-state index contributed by atoms with van der Waals surface area (Å²) >= 11 is 6.51. The molecular formula is C9H14O2S2. The molecule has 1 saturated carbocycles. The molecule has 0 saturated heterocycles. The fourth-order valence-corrected chi connectivity index (χ4v) is 2.74. The van der Waals surface area contributed by atoms with Crippen LogP contribution in [0.2, 0.25) is 0 Å².